The second-order valence-corrected chi connectivity index (χ2v) is 5.98. The van der Waals surface area contributed by atoms with Crippen LogP contribution in [0.5, 0.6) is 5.75 Å². The maximum absolute atomic E-state index is 12.1. The first-order chi connectivity index (χ1) is 12.5. The van der Waals surface area contributed by atoms with Crippen molar-refractivity contribution in [1.29, 1.82) is 0 Å². The van der Waals surface area contributed by atoms with Gasteiger partial charge in [0.2, 0.25) is 0 Å². The molecule has 1 aromatic heterocycles. The van der Waals surface area contributed by atoms with Gasteiger partial charge in [0.05, 0.1) is 17.5 Å². The number of esters is 1. The van der Waals surface area contributed by atoms with Crippen molar-refractivity contribution < 1.29 is 14.3 Å². The molecule has 3 rings (SSSR count). The van der Waals surface area contributed by atoms with Gasteiger partial charge in [0.1, 0.15) is 19.0 Å². The van der Waals surface area contributed by atoms with Crippen LogP contribution in [0.4, 0.5) is 0 Å². The normalized spacial score (nSPS) is 10.7. The van der Waals surface area contributed by atoms with Gasteiger partial charge in [-0.3, -0.25) is 9.59 Å². The average Bonchev–Trinajstić information content (AvgIpc) is 2.63. The molecule has 1 heterocycles. The zero-order valence-electron chi connectivity index (χ0n) is 14.8. The molecule has 26 heavy (non-hydrogen) atoms. The van der Waals surface area contributed by atoms with Crippen LogP contribution >= 0.6 is 0 Å². The minimum Gasteiger partial charge on any atom is -0.490 e. The lowest BCUT2D eigenvalue weighted by atomic mass is 10.1. The van der Waals surface area contributed by atoms with E-state index < -0.39 is 5.97 Å². The number of rotatable bonds is 6. The van der Waals surface area contributed by atoms with Gasteiger partial charge in [-0.15, -0.1) is 0 Å². The molecule has 0 unspecified atom stereocenters. The van der Waals surface area contributed by atoms with Crippen LogP contribution in [0.25, 0.3) is 10.8 Å². The largest absolute Gasteiger partial charge is 0.490 e. The Morgan fingerprint density at radius 1 is 1.08 bits per heavy atom. The molecule has 134 valence electrons. The number of ether oxygens (including phenoxy) is 2. The summed E-state index contributed by atoms with van der Waals surface area (Å²) in [6.45, 7) is 2.41. The zero-order chi connectivity index (χ0) is 18.5. The third-order valence-corrected chi connectivity index (χ3v) is 3.95. The number of hydrogen-bond donors (Lipinski definition) is 0. The molecular formula is C20H20N2O4. The van der Waals surface area contributed by atoms with Crippen LogP contribution in [-0.2, 0) is 23.0 Å². The second kappa shape index (κ2) is 7.82. The molecule has 0 aliphatic heterocycles. The molecule has 6 nitrogen and oxygen atoms in total. The highest BCUT2D eigenvalue weighted by atomic mass is 16.6. The first-order valence-corrected chi connectivity index (χ1v) is 8.34. The summed E-state index contributed by atoms with van der Waals surface area (Å²) in [6, 6.07) is 14.8. The van der Waals surface area contributed by atoms with Crippen LogP contribution in [0, 0.1) is 6.92 Å². The van der Waals surface area contributed by atoms with Gasteiger partial charge in [-0.05, 0) is 30.7 Å². The minimum absolute atomic E-state index is 0.000914. The van der Waals surface area contributed by atoms with E-state index in [-0.39, 0.29) is 25.2 Å². The molecule has 0 radical (unpaired) electrons. The van der Waals surface area contributed by atoms with E-state index in [1.165, 1.54) is 4.68 Å². The number of hydrogen-bond acceptors (Lipinski definition) is 5. The quantitative estimate of drug-likeness (QED) is 0.503. The van der Waals surface area contributed by atoms with Gasteiger partial charge in [-0.25, -0.2) is 4.68 Å². The Hall–Kier alpha value is -3.15. The predicted molar refractivity (Wildman–Crippen MR) is 98.3 cm³/mol. The van der Waals surface area contributed by atoms with Crippen LogP contribution < -0.4 is 10.3 Å². The molecule has 0 amide bonds. The number of fused-ring (bicyclic) bond motifs is 1. The number of nitrogens with zero attached hydrogens (tertiary/aromatic N) is 2. The summed E-state index contributed by atoms with van der Waals surface area (Å²) in [6.07, 6.45) is -0.000914. The van der Waals surface area contributed by atoms with E-state index in [4.69, 9.17) is 9.47 Å². The van der Waals surface area contributed by atoms with E-state index in [0.29, 0.717) is 16.5 Å². The second-order valence-electron chi connectivity index (χ2n) is 5.98. The summed E-state index contributed by atoms with van der Waals surface area (Å²) < 4.78 is 12.0. The number of carbonyl (C=O) groups is 1. The van der Waals surface area contributed by atoms with Crippen LogP contribution in [0.2, 0.25) is 0 Å². The highest BCUT2D eigenvalue weighted by molar-refractivity contribution is 5.86. The molecule has 0 atom stereocenters. The molecule has 0 N–H and O–H groups in total. The van der Waals surface area contributed by atoms with Gasteiger partial charge in [0.15, 0.2) is 0 Å². The smallest absolute Gasteiger partial charge is 0.312 e. The Morgan fingerprint density at radius 3 is 2.62 bits per heavy atom. The Balaban J connectivity index is 1.59. The molecule has 0 aliphatic rings. The molecule has 2 aromatic carbocycles. The maximum Gasteiger partial charge on any atom is 0.312 e. The summed E-state index contributed by atoms with van der Waals surface area (Å²) in [5.74, 6) is 0.334. The zero-order valence-corrected chi connectivity index (χ0v) is 14.8. The first kappa shape index (κ1) is 17.7. The number of benzene rings is 2. The van der Waals surface area contributed by atoms with Crippen LogP contribution in [0.3, 0.4) is 0 Å². The summed E-state index contributed by atoms with van der Waals surface area (Å²) >= 11 is 0. The monoisotopic (exact) mass is 352 g/mol. The van der Waals surface area contributed by atoms with Crippen molar-refractivity contribution in [2.75, 3.05) is 13.2 Å². The lowest BCUT2D eigenvalue weighted by Gasteiger charge is -2.09. The van der Waals surface area contributed by atoms with E-state index in [9.17, 15) is 9.59 Å². The van der Waals surface area contributed by atoms with Gasteiger partial charge >= 0.3 is 5.97 Å². The number of carbonyl (C=O) groups excluding carboxylic acids is 1. The van der Waals surface area contributed by atoms with Gasteiger partial charge in [-0.1, -0.05) is 30.3 Å². The van der Waals surface area contributed by atoms with Gasteiger partial charge < -0.3 is 9.47 Å². The van der Waals surface area contributed by atoms with Crippen molar-refractivity contribution in [1.82, 2.24) is 9.78 Å². The minimum atomic E-state index is -0.408. The fraction of sp³-hybridized carbons (Fsp3) is 0.250. The molecule has 0 saturated heterocycles. The number of aromatic nitrogens is 2. The summed E-state index contributed by atoms with van der Waals surface area (Å²) in [4.78, 5) is 24.2. The third kappa shape index (κ3) is 4.08. The van der Waals surface area contributed by atoms with Crippen molar-refractivity contribution in [3.05, 3.63) is 70.1 Å². The van der Waals surface area contributed by atoms with Crippen molar-refractivity contribution in [3.8, 4) is 5.75 Å². The lowest BCUT2D eigenvalue weighted by Crippen LogP contribution is -2.23. The average molecular weight is 352 g/mol. The number of aryl methyl sites for hydroxylation is 2. The van der Waals surface area contributed by atoms with Gasteiger partial charge in [0, 0.05) is 12.4 Å². The topological polar surface area (TPSA) is 70.4 Å². The molecule has 0 saturated carbocycles. The summed E-state index contributed by atoms with van der Waals surface area (Å²) in [7, 11) is 1.57. The molecule has 3 aromatic rings. The van der Waals surface area contributed by atoms with Crippen molar-refractivity contribution >= 4 is 16.7 Å². The van der Waals surface area contributed by atoms with Crippen molar-refractivity contribution in [2.24, 2.45) is 7.05 Å². The maximum atomic E-state index is 12.1. The fourth-order valence-corrected chi connectivity index (χ4v) is 2.71. The first-order valence-electron chi connectivity index (χ1n) is 8.34. The molecule has 6 heteroatoms. The Morgan fingerprint density at radius 2 is 1.85 bits per heavy atom. The molecular weight excluding hydrogens is 332 g/mol. The van der Waals surface area contributed by atoms with Crippen LogP contribution in [0.15, 0.2) is 53.3 Å². The van der Waals surface area contributed by atoms with E-state index in [0.717, 1.165) is 11.3 Å². The lowest BCUT2D eigenvalue weighted by molar-refractivity contribution is -0.143. The summed E-state index contributed by atoms with van der Waals surface area (Å²) in [5.41, 5.74) is 1.43. The Labute approximate surface area is 151 Å². The predicted octanol–water partition coefficient (Wildman–Crippen LogP) is 2.41. The van der Waals surface area contributed by atoms with Crippen molar-refractivity contribution in [2.45, 2.75) is 13.3 Å². The van der Waals surface area contributed by atoms with E-state index in [1.54, 1.807) is 25.2 Å². The standard InChI is InChI=1S/C20H20N2O4/c1-14-6-5-7-15(12-14)25-10-11-26-19(23)13-18-16-8-3-4-9-17(16)20(24)22(2)21-18/h3-9,12H,10-11,13H2,1-2H3. The highest BCUT2D eigenvalue weighted by Crippen LogP contribution is 2.14. The fourth-order valence-electron chi connectivity index (χ4n) is 2.71. The Kier molecular flexibility index (Phi) is 5.31. The molecule has 0 bridgehead atoms. The summed E-state index contributed by atoms with van der Waals surface area (Å²) in [5, 5.41) is 5.41. The van der Waals surface area contributed by atoms with E-state index in [2.05, 4.69) is 5.10 Å². The van der Waals surface area contributed by atoms with E-state index in [1.807, 2.05) is 37.3 Å². The van der Waals surface area contributed by atoms with E-state index >= 15 is 0 Å². The van der Waals surface area contributed by atoms with Gasteiger partial charge in [0.25, 0.3) is 5.56 Å². The van der Waals surface area contributed by atoms with Gasteiger partial charge in [-0.2, -0.15) is 5.10 Å². The SMILES string of the molecule is Cc1cccc(OCCOC(=O)Cc2nn(C)c(=O)c3ccccc23)c1. The highest BCUT2D eigenvalue weighted by Gasteiger charge is 2.13. The van der Waals surface area contributed by atoms with Crippen molar-refractivity contribution in [3.63, 3.8) is 0 Å². The Bertz CT molecular complexity index is 995. The van der Waals surface area contributed by atoms with Crippen LogP contribution in [0.1, 0.15) is 11.3 Å². The molecule has 0 aliphatic carbocycles. The molecule has 0 fully saturated rings. The molecule has 0 spiro atoms. The third-order valence-electron chi connectivity index (χ3n) is 3.95. The van der Waals surface area contributed by atoms with Crippen LogP contribution in [-0.4, -0.2) is 29.0 Å².